The third-order valence-corrected chi connectivity index (χ3v) is 9.30. The summed E-state index contributed by atoms with van der Waals surface area (Å²) < 4.78 is 6.58. The van der Waals surface area contributed by atoms with Crippen molar-refractivity contribution in [3.05, 3.63) is 71.8 Å². The quantitative estimate of drug-likeness (QED) is 0.464. The number of carbonyl (C=O) groups excluding carboxylic acids is 1. The van der Waals surface area contributed by atoms with Gasteiger partial charge in [0.2, 0.25) is 0 Å². The maximum Gasteiger partial charge on any atom is 0.194 e. The molecule has 0 bridgehead atoms. The molecule has 0 N–H and O–H groups in total. The summed E-state index contributed by atoms with van der Waals surface area (Å²) in [7, 11) is -1.88. The summed E-state index contributed by atoms with van der Waals surface area (Å²) in [6.07, 6.45) is -0.495. The normalized spacial score (nSPS) is 12.8. The minimum atomic E-state index is -1.88. The predicted molar refractivity (Wildman–Crippen MR) is 98.2 cm³/mol. The van der Waals surface area contributed by atoms with Crippen LogP contribution in [-0.4, -0.2) is 14.1 Å². The van der Waals surface area contributed by atoms with Crippen molar-refractivity contribution < 1.29 is 9.22 Å². The Hall–Kier alpha value is -1.71. The lowest BCUT2D eigenvalue weighted by molar-refractivity contribution is 0.0772. The molecule has 0 aliphatic rings. The Bertz CT molecular complexity index is 598. The second kappa shape index (κ2) is 8.23. The second-order valence-electron chi connectivity index (χ2n) is 5.88. The zero-order valence-corrected chi connectivity index (χ0v) is 15.3. The molecule has 122 valence electrons. The fourth-order valence-corrected chi connectivity index (χ4v) is 5.65. The molecular formula is C20H26O2Si. The van der Waals surface area contributed by atoms with Gasteiger partial charge in [0.1, 0.15) is 6.10 Å². The molecule has 2 rings (SSSR count). The fraction of sp³-hybridized carbons (Fsp3) is 0.350. The zero-order valence-electron chi connectivity index (χ0n) is 14.3. The Balaban J connectivity index is 2.39. The number of Topliss-reactive ketones (excluding diaryl/α,β-unsaturated/α-hetero) is 1. The summed E-state index contributed by atoms with van der Waals surface area (Å²) in [5.41, 5.74) is 1.67. The molecule has 3 heteroatoms. The van der Waals surface area contributed by atoms with Crippen molar-refractivity contribution in [2.45, 2.75) is 45.0 Å². The van der Waals surface area contributed by atoms with Crippen LogP contribution in [0.4, 0.5) is 0 Å². The Kier molecular flexibility index (Phi) is 6.31. The number of ketones is 1. The lowest BCUT2D eigenvalue weighted by Crippen LogP contribution is -2.39. The molecule has 23 heavy (non-hydrogen) atoms. The molecular weight excluding hydrogens is 300 g/mol. The van der Waals surface area contributed by atoms with Gasteiger partial charge in [-0.25, -0.2) is 0 Å². The maximum atomic E-state index is 13.1. The molecule has 0 saturated heterocycles. The van der Waals surface area contributed by atoms with Crippen molar-refractivity contribution in [1.29, 1.82) is 0 Å². The van der Waals surface area contributed by atoms with Crippen LogP contribution < -0.4 is 0 Å². The van der Waals surface area contributed by atoms with E-state index in [9.17, 15) is 4.79 Å². The van der Waals surface area contributed by atoms with Gasteiger partial charge >= 0.3 is 0 Å². The Morgan fingerprint density at radius 2 is 1.35 bits per heavy atom. The van der Waals surface area contributed by atoms with Gasteiger partial charge in [-0.05, 0) is 23.7 Å². The third kappa shape index (κ3) is 4.18. The fourth-order valence-electron chi connectivity index (χ4n) is 2.90. The monoisotopic (exact) mass is 326 g/mol. The first-order chi connectivity index (χ1) is 11.2. The second-order valence-corrected chi connectivity index (χ2v) is 10.6. The molecule has 0 radical (unpaired) electrons. The van der Waals surface area contributed by atoms with Gasteiger partial charge in [0.25, 0.3) is 0 Å². The zero-order chi connectivity index (χ0) is 16.7. The van der Waals surface area contributed by atoms with Crippen molar-refractivity contribution in [3.63, 3.8) is 0 Å². The SMILES string of the molecule is CC[Si](CC)(CC)O[C@H](C(=O)c1ccccc1)c1ccccc1. The molecule has 0 heterocycles. The minimum absolute atomic E-state index is 0.0593. The molecule has 0 unspecified atom stereocenters. The number of benzene rings is 2. The Labute approximate surface area is 140 Å². The smallest absolute Gasteiger partial charge is 0.194 e. The minimum Gasteiger partial charge on any atom is -0.403 e. The van der Waals surface area contributed by atoms with Crippen LogP contribution in [0, 0.1) is 0 Å². The van der Waals surface area contributed by atoms with E-state index in [4.69, 9.17) is 4.43 Å². The molecule has 0 aliphatic heterocycles. The van der Waals surface area contributed by atoms with Gasteiger partial charge in [0.05, 0.1) is 0 Å². The Morgan fingerprint density at radius 1 is 0.870 bits per heavy atom. The lowest BCUT2D eigenvalue weighted by atomic mass is 10.0. The van der Waals surface area contributed by atoms with E-state index in [0.29, 0.717) is 5.56 Å². The average molecular weight is 327 g/mol. The van der Waals surface area contributed by atoms with Crippen molar-refractivity contribution in [2.24, 2.45) is 0 Å². The van der Waals surface area contributed by atoms with E-state index in [1.165, 1.54) is 0 Å². The van der Waals surface area contributed by atoms with Crippen LogP contribution in [0.2, 0.25) is 18.1 Å². The number of carbonyl (C=O) groups is 1. The van der Waals surface area contributed by atoms with Crippen LogP contribution in [0.3, 0.4) is 0 Å². The van der Waals surface area contributed by atoms with Crippen LogP contribution >= 0.6 is 0 Å². The van der Waals surface area contributed by atoms with Gasteiger partial charge in [-0.2, -0.15) is 0 Å². The number of hydrogen-bond acceptors (Lipinski definition) is 2. The van der Waals surface area contributed by atoms with E-state index in [1.54, 1.807) is 0 Å². The maximum absolute atomic E-state index is 13.1. The molecule has 0 saturated carbocycles. The average Bonchev–Trinajstić information content (AvgIpc) is 2.64. The largest absolute Gasteiger partial charge is 0.403 e. The van der Waals surface area contributed by atoms with Gasteiger partial charge in [-0.15, -0.1) is 0 Å². The van der Waals surface area contributed by atoms with Crippen LogP contribution in [-0.2, 0) is 4.43 Å². The summed E-state index contributed by atoms with van der Waals surface area (Å²) in [5.74, 6) is 0.0593. The van der Waals surface area contributed by atoms with Gasteiger partial charge in [0, 0.05) is 5.56 Å². The van der Waals surface area contributed by atoms with Crippen molar-refractivity contribution >= 4 is 14.1 Å². The van der Waals surface area contributed by atoms with Crippen molar-refractivity contribution in [3.8, 4) is 0 Å². The first-order valence-corrected chi connectivity index (χ1v) is 11.0. The summed E-state index contributed by atoms with van der Waals surface area (Å²) in [4.78, 5) is 13.1. The molecule has 0 fully saturated rings. The van der Waals surface area contributed by atoms with E-state index < -0.39 is 14.4 Å². The van der Waals surface area contributed by atoms with Crippen LogP contribution in [0.5, 0.6) is 0 Å². The standard InChI is InChI=1S/C20H26O2Si/c1-4-23(5-2,6-3)22-20(18-15-11-8-12-16-18)19(21)17-13-9-7-10-14-17/h7-16,20H,4-6H2,1-3H3/t20-/m0/s1. The van der Waals surface area contributed by atoms with Crippen molar-refractivity contribution in [1.82, 2.24) is 0 Å². The molecule has 0 spiro atoms. The van der Waals surface area contributed by atoms with Crippen LogP contribution in [0.1, 0.15) is 42.8 Å². The molecule has 2 aromatic carbocycles. The number of hydrogen-bond donors (Lipinski definition) is 0. The first kappa shape index (κ1) is 17.6. The molecule has 0 aliphatic carbocycles. The molecule has 1 atom stereocenters. The lowest BCUT2D eigenvalue weighted by Gasteiger charge is -2.33. The Morgan fingerprint density at radius 3 is 1.83 bits per heavy atom. The van der Waals surface area contributed by atoms with Gasteiger partial charge < -0.3 is 4.43 Å². The highest BCUT2D eigenvalue weighted by atomic mass is 28.4. The highest BCUT2D eigenvalue weighted by Gasteiger charge is 2.35. The molecule has 2 nitrogen and oxygen atoms in total. The first-order valence-electron chi connectivity index (χ1n) is 8.47. The topological polar surface area (TPSA) is 26.3 Å². The summed E-state index contributed by atoms with van der Waals surface area (Å²) >= 11 is 0. The highest BCUT2D eigenvalue weighted by molar-refractivity contribution is 6.73. The van der Waals surface area contributed by atoms with E-state index in [2.05, 4.69) is 20.8 Å². The van der Waals surface area contributed by atoms with Gasteiger partial charge in [-0.3, -0.25) is 4.79 Å². The van der Waals surface area contributed by atoms with E-state index in [1.807, 2.05) is 60.7 Å². The van der Waals surface area contributed by atoms with Gasteiger partial charge in [0.15, 0.2) is 14.1 Å². The van der Waals surface area contributed by atoms with Crippen LogP contribution in [0.15, 0.2) is 60.7 Å². The van der Waals surface area contributed by atoms with E-state index >= 15 is 0 Å². The summed E-state index contributed by atoms with van der Waals surface area (Å²) in [6, 6.07) is 22.5. The summed E-state index contributed by atoms with van der Waals surface area (Å²) in [5, 5.41) is 0. The molecule has 2 aromatic rings. The van der Waals surface area contributed by atoms with Gasteiger partial charge in [-0.1, -0.05) is 81.4 Å². The summed E-state index contributed by atoms with van der Waals surface area (Å²) in [6.45, 7) is 6.57. The predicted octanol–water partition coefficient (Wildman–Crippen LogP) is 5.63. The highest BCUT2D eigenvalue weighted by Crippen LogP contribution is 2.32. The van der Waals surface area contributed by atoms with E-state index in [-0.39, 0.29) is 5.78 Å². The van der Waals surface area contributed by atoms with Crippen LogP contribution in [0.25, 0.3) is 0 Å². The third-order valence-electron chi connectivity index (χ3n) is 4.70. The molecule has 0 aromatic heterocycles. The number of rotatable bonds is 8. The van der Waals surface area contributed by atoms with E-state index in [0.717, 1.165) is 23.7 Å². The molecule has 0 amide bonds. The van der Waals surface area contributed by atoms with Crippen molar-refractivity contribution in [2.75, 3.05) is 0 Å².